The lowest BCUT2D eigenvalue weighted by atomic mass is 9.92. The minimum atomic E-state index is 0.480. The van der Waals surface area contributed by atoms with E-state index in [0.29, 0.717) is 12.0 Å². The summed E-state index contributed by atoms with van der Waals surface area (Å²) in [6.45, 7) is 1.79. The van der Waals surface area contributed by atoms with Crippen molar-refractivity contribution in [2.24, 2.45) is 5.92 Å². The molecule has 0 saturated carbocycles. The zero-order chi connectivity index (χ0) is 13.1. The molecule has 0 amide bonds. The molecule has 3 rings (SSSR count). The molecule has 2 atom stereocenters. The SMILES string of the molecule is CNC(Cc1ccnc2ccccc12)C1CCOC1. The maximum atomic E-state index is 5.51. The van der Waals surface area contributed by atoms with Crippen LogP contribution in [0.25, 0.3) is 10.9 Å². The van der Waals surface area contributed by atoms with Crippen LogP contribution < -0.4 is 5.32 Å². The summed E-state index contributed by atoms with van der Waals surface area (Å²) >= 11 is 0. The number of nitrogens with one attached hydrogen (secondary N) is 1. The first-order chi connectivity index (χ1) is 9.38. The topological polar surface area (TPSA) is 34.2 Å². The largest absolute Gasteiger partial charge is 0.381 e. The highest BCUT2D eigenvalue weighted by Crippen LogP contribution is 2.23. The number of aromatic nitrogens is 1. The Morgan fingerprint density at radius 1 is 1.37 bits per heavy atom. The third-order valence-corrected chi connectivity index (χ3v) is 4.08. The lowest BCUT2D eigenvalue weighted by Crippen LogP contribution is -2.36. The molecule has 1 aromatic carbocycles. The first kappa shape index (κ1) is 12.6. The highest BCUT2D eigenvalue weighted by molar-refractivity contribution is 5.81. The van der Waals surface area contributed by atoms with Gasteiger partial charge in [-0.05, 0) is 37.6 Å². The third-order valence-electron chi connectivity index (χ3n) is 4.08. The van der Waals surface area contributed by atoms with Gasteiger partial charge in [-0.2, -0.15) is 0 Å². The van der Waals surface area contributed by atoms with Crippen molar-refractivity contribution in [2.45, 2.75) is 18.9 Å². The standard InChI is InChI=1S/C16H20N2O/c1-17-16(13-7-9-19-11-13)10-12-6-8-18-15-5-3-2-4-14(12)15/h2-6,8,13,16-17H,7,9-11H2,1H3. The normalized spacial score (nSPS) is 20.8. The molecular weight excluding hydrogens is 236 g/mol. The van der Waals surface area contributed by atoms with Gasteiger partial charge in [0.25, 0.3) is 0 Å². The summed E-state index contributed by atoms with van der Waals surface area (Å²) in [6, 6.07) is 11.0. The number of benzene rings is 1. The van der Waals surface area contributed by atoms with Gasteiger partial charge < -0.3 is 10.1 Å². The molecule has 1 aliphatic heterocycles. The van der Waals surface area contributed by atoms with Crippen LogP contribution in [0.4, 0.5) is 0 Å². The Morgan fingerprint density at radius 3 is 3.05 bits per heavy atom. The second-order valence-corrected chi connectivity index (χ2v) is 5.21. The number of para-hydroxylation sites is 1. The van der Waals surface area contributed by atoms with Crippen LogP contribution in [0.5, 0.6) is 0 Å². The Balaban J connectivity index is 1.87. The summed E-state index contributed by atoms with van der Waals surface area (Å²) in [5.41, 5.74) is 2.45. The van der Waals surface area contributed by atoms with Gasteiger partial charge in [-0.3, -0.25) is 4.98 Å². The van der Waals surface area contributed by atoms with Crippen molar-refractivity contribution < 1.29 is 4.74 Å². The highest BCUT2D eigenvalue weighted by atomic mass is 16.5. The zero-order valence-electron chi connectivity index (χ0n) is 11.3. The quantitative estimate of drug-likeness (QED) is 0.912. The number of pyridine rings is 1. The molecule has 1 fully saturated rings. The molecule has 1 saturated heterocycles. The van der Waals surface area contributed by atoms with E-state index >= 15 is 0 Å². The number of hydrogen-bond acceptors (Lipinski definition) is 3. The lowest BCUT2D eigenvalue weighted by molar-refractivity contribution is 0.177. The van der Waals surface area contributed by atoms with Crippen LogP contribution in [0, 0.1) is 5.92 Å². The molecule has 19 heavy (non-hydrogen) atoms. The fraction of sp³-hybridized carbons (Fsp3) is 0.438. The summed E-state index contributed by atoms with van der Waals surface area (Å²) in [4.78, 5) is 4.43. The van der Waals surface area contributed by atoms with Gasteiger partial charge in [0, 0.05) is 30.1 Å². The Labute approximate surface area is 114 Å². The van der Waals surface area contributed by atoms with Crippen LogP contribution in [-0.2, 0) is 11.2 Å². The van der Waals surface area contributed by atoms with Gasteiger partial charge in [0.1, 0.15) is 0 Å². The summed E-state index contributed by atoms with van der Waals surface area (Å²) in [6.07, 6.45) is 4.11. The first-order valence-electron chi connectivity index (χ1n) is 6.96. The molecule has 2 aromatic rings. The van der Waals surface area contributed by atoms with E-state index in [0.717, 1.165) is 31.6 Å². The molecular formula is C16H20N2O. The van der Waals surface area contributed by atoms with Gasteiger partial charge in [-0.15, -0.1) is 0 Å². The van der Waals surface area contributed by atoms with E-state index in [4.69, 9.17) is 4.74 Å². The van der Waals surface area contributed by atoms with Crippen molar-refractivity contribution in [3.63, 3.8) is 0 Å². The van der Waals surface area contributed by atoms with Crippen molar-refractivity contribution in [3.05, 3.63) is 42.1 Å². The van der Waals surface area contributed by atoms with E-state index in [2.05, 4.69) is 34.6 Å². The number of nitrogens with zero attached hydrogens (tertiary/aromatic N) is 1. The van der Waals surface area contributed by atoms with Crippen LogP contribution in [0.1, 0.15) is 12.0 Å². The molecule has 3 heteroatoms. The second kappa shape index (κ2) is 5.68. The van der Waals surface area contributed by atoms with E-state index in [1.807, 2.05) is 19.3 Å². The highest BCUT2D eigenvalue weighted by Gasteiger charge is 2.25. The molecule has 0 spiro atoms. The molecule has 0 aliphatic carbocycles. The fourth-order valence-electron chi connectivity index (χ4n) is 2.94. The average molecular weight is 256 g/mol. The number of fused-ring (bicyclic) bond motifs is 1. The van der Waals surface area contributed by atoms with Crippen molar-refractivity contribution in [2.75, 3.05) is 20.3 Å². The molecule has 0 bridgehead atoms. The number of likely N-dealkylation sites (N-methyl/N-ethyl adjacent to an activating group) is 1. The number of hydrogen-bond donors (Lipinski definition) is 1. The lowest BCUT2D eigenvalue weighted by Gasteiger charge is -2.22. The van der Waals surface area contributed by atoms with Gasteiger partial charge in [0.2, 0.25) is 0 Å². The monoisotopic (exact) mass is 256 g/mol. The molecule has 0 radical (unpaired) electrons. The van der Waals surface area contributed by atoms with Gasteiger partial charge >= 0.3 is 0 Å². The Morgan fingerprint density at radius 2 is 2.26 bits per heavy atom. The van der Waals surface area contributed by atoms with E-state index in [9.17, 15) is 0 Å². The van der Waals surface area contributed by atoms with Crippen molar-refractivity contribution in [1.82, 2.24) is 10.3 Å². The molecule has 1 aliphatic rings. The van der Waals surface area contributed by atoms with Crippen LogP contribution in [-0.4, -0.2) is 31.3 Å². The van der Waals surface area contributed by atoms with Gasteiger partial charge in [0.15, 0.2) is 0 Å². The first-order valence-corrected chi connectivity index (χ1v) is 6.96. The molecule has 1 N–H and O–H groups in total. The molecule has 2 heterocycles. The van der Waals surface area contributed by atoms with Gasteiger partial charge in [-0.1, -0.05) is 18.2 Å². The van der Waals surface area contributed by atoms with E-state index in [-0.39, 0.29) is 0 Å². The fourth-order valence-corrected chi connectivity index (χ4v) is 2.94. The summed E-state index contributed by atoms with van der Waals surface area (Å²) in [7, 11) is 2.05. The number of rotatable bonds is 4. The van der Waals surface area contributed by atoms with E-state index in [1.165, 1.54) is 10.9 Å². The predicted molar refractivity (Wildman–Crippen MR) is 77.2 cm³/mol. The summed E-state index contributed by atoms with van der Waals surface area (Å²) in [5.74, 6) is 0.622. The second-order valence-electron chi connectivity index (χ2n) is 5.21. The van der Waals surface area contributed by atoms with Crippen molar-refractivity contribution in [1.29, 1.82) is 0 Å². The maximum absolute atomic E-state index is 5.51. The van der Waals surface area contributed by atoms with E-state index in [1.54, 1.807) is 0 Å². The smallest absolute Gasteiger partial charge is 0.0704 e. The van der Waals surface area contributed by atoms with Gasteiger partial charge in [0.05, 0.1) is 12.1 Å². The molecule has 2 unspecified atom stereocenters. The van der Waals surface area contributed by atoms with E-state index < -0.39 is 0 Å². The minimum Gasteiger partial charge on any atom is -0.381 e. The van der Waals surface area contributed by atoms with Crippen LogP contribution in [0.2, 0.25) is 0 Å². The molecule has 100 valence electrons. The summed E-state index contributed by atoms with van der Waals surface area (Å²) < 4.78 is 5.51. The third kappa shape index (κ3) is 2.62. The Hall–Kier alpha value is -1.45. The predicted octanol–water partition coefficient (Wildman–Crippen LogP) is 2.40. The maximum Gasteiger partial charge on any atom is 0.0704 e. The van der Waals surface area contributed by atoms with Crippen LogP contribution >= 0.6 is 0 Å². The molecule has 1 aromatic heterocycles. The summed E-state index contributed by atoms with van der Waals surface area (Å²) in [5, 5.41) is 4.72. The van der Waals surface area contributed by atoms with Crippen molar-refractivity contribution >= 4 is 10.9 Å². The Kier molecular flexibility index (Phi) is 3.76. The average Bonchev–Trinajstić information content (AvgIpc) is 2.99. The molecule has 3 nitrogen and oxygen atoms in total. The van der Waals surface area contributed by atoms with Gasteiger partial charge in [-0.25, -0.2) is 0 Å². The number of ether oxygens (including phenoxy) is 1. The Bertz CT molecular complexity index is 544. The van der Waals surface area contributed by atoms with Crippen LogP contribution in [0.15, 0.2) is 36.5 Å². The van der Waals surface area contributed by atoms with Crippen molar-refractivity contribution in [3.8, 4) is 0 Å². The zero-order valence-corrected chi connectivity index (χ0v) is 11.3. The minimum absolute atomic E-state index is 0.480. The van der Waals surface area contributed by atoms with Crippen LogP contribution in [0.3, 0.4) is 0 Å².